The number of hydrogen-bond donors (Lipinski definition) is 1. The summed E-state index contributed by atoms with van der Waals surface area (Å²) in [5, 5.41) is 9.07. The van der Waals surface area contributed by atoms with Gasteiger partial charge in [0.05, 0.1) is 19.3 Å². The summed E-state index contributed by atoms with van der Waals surface area (Å²) < 4.78 is 47.6. The van der Waals surface area contributed by atoms with Crippen LogP contribution in [0.4, 0.5) is 23.7 Å². The SMILES string of the molecule is O=C1O[C@@H](CO)CN1c1ccc2c(c1)CC[C@@H](CCC(F)(F)F)O2. The molecule has 0 unspecified atom stereocenters. The van der Waals surface area contributed by atoms with Gasteiger partial charge in [-0.05, 0) is 43.0 Å². The van der Waals surface area contributed by atoms with Crippen LogP contribution in [-0.2, 0) is 11.2 Å². The number of ether oxygens (including phenoxy) is 2. The van der Waals surface area contributed by atoms with Crippen molar-refractivity contribution in [1.82, 2.24) is 0 Å². The number of hydrogen-bond acceptors (Lipinski definition) is 4. The summed E-state index contributed by atoms with van der Waals surface area (Å²) >= 11 is 0. The summed E-state index contributed by atoms with van der Waals surface area (Å²) in [7, 11) is 0. The number of nitrogens with zero attached hydrogens (tertiary/aromatic N) is 1. The monoisotopic (exact) mass is 345 g/mol. The molecule has 1 aromatic rings. The first kappa shape index (κ1) is 16.9. The maximum absolute atomic E-state index is 12.3. The Morgan fingerprint density at radius 3 is 2.71 bits per heavy atom. The average molecular weight is 345 g/mol. The molecule has 1 amide bonds. The Morgan fingerprint density at radius 1 is 1.25 bits per heavy atom. The lowest BCUT2D eigenvalue weighted by Gasteiger charge is -2.27. The molecule has 0 aromatic heterocycles. The van der Waals surface area contributed by atoms with Crippen molar-refractivity contribution < 1.29 is 32.5 Å². The van der Waals surface area contributed by atoms with Gasteiger partial charge in [0.25, 0.3) is 0 Å². The maximum Gasteiger partial charge on any atom is 0.414 e. The lowest BCUT2D eigenvalue weighted by atomic mass is 9.98. The van der Waals surface area contributed by atoms with E-state index in [1.165, 1.54) is 4.90 Å². The molecule has 1 N–H and O–H groups in total. The van der Waals surface area contributed by atoms with Crippen LogP contribution in [0.25, 0.3) is 0 Å². The van der Waals surface area contributed by atoms with Gasteiger partial charge in [0, 0.05) is 12.1 Å². The standard InChI is InChI=1S/C16H18F3NO4/c17-16(18,19)6-5-12-3-1-10-7-11(2-4-14(10)23-12)20-8-13(9-21)24-15(20)22/h2,4,7,12-13,21H,1,3,5-6,8-9H2/t12-,13+/m0/s1. The molecular weight excluding hydrogens is 327 g/mol. The molecule has 0 radical (unpaired) electrons. The minimum atomic E-state index is -4.17. The molecule has 5 nitrogen and oxygen atoms in total. The van der Waals surface area contributed by atoms with Crippen LogP contribution in [0, 0.1) is 0 Å². The first-order chi connectivity index (χ1) is 11.4. The number of rotatable bonds is 4. The molecule has 1 fully saturated rings. The molecule has 2 heterocycles. The van der Waals surface area contributed by atoms with Crippen molar-refractivity contribution in [3.05, 3.63) is 23.8 Å². The molecule has 132 valence electrons. The van der Waals surface area contributed by atoms with Crippen molar-refractivity contribution in [2.24, 2.45) is 0 Å². The lowest BCUT2D eigenvalue weighted by molar-refractivity contribution is -0.139. The summed E-state index contributed by atoms with van der Waals surface area (Å²) in [5.74, 6) is 0.559. The highest BCUT2D eigenvalue weighted by atomic mass is 19.4. The van der Waals surface area contributed by atoms with Gasteiger partial charge < -0.3 is 14.6 Å². The van der Waals surface area contributed by atoms with Gasteiger partial charge in [-0.15, -0.1) is 0 Å². The lowest BCUT2D eigenvalue weighted by Crippen LogP contribution is -2.27. The number of fused-ring (bicyclic) bond motifs is 1. The number of anilines is 1. The third-order valence-electron chi connectivity index (χ3n) is 4.21. The van der Waals surface area contributed by atoms with E-state index in [1.807, 2.05) is 0 Å². The van der Waals surface area contributed by atoms with Crippen molar-refractivity contribution >= 4 is 11.8 Å². The quantitative estimate of drug-likeness (QED) is 0.911. The minimum Gasteiger partial charge on any atom is -0.490 e. The first-order valence-corrected chi connectivity index (χ1v) is 7.81. The molecule has 0 spiro atoms. The second-order valence-electron chi connectivity index (χ2n) is 6.02. The molecule has 0 saturated carbocycles. The second kappa shape index (κ2) is 6.51. The Morgan fingerprint density at radius 2 is 2.04 bits per heavy atom. The molecule has 0 aliphatic carbocycles. The van der Waals surface area contributed by atoms with Gasteiger partial charge in [-0.25, -0.2) is 4.79 Å². The van der Waals surface area contributed by atoms with E-state index in [4.69, 9.17) is 14.6 Å². The van der Waals surface area contributed by atoms with Gasteiger partial charge in [0.2, 0.25) is 0 Å². The predicted octanol–water partition coefficient (Wildman–Crippen LogP) is 3.04. The minimum absolute atomic E-state index is 0.0542. The Hall–Kier alpha value is -1.96. The summed E-state index contributed by atoms with van der Waals surface area (Å²) in [4.78, 5) is 13.2. The molecule has 8 heteroatoms. The van der Waals surface area contributed by atoms with E-state index >= 15 is 0 Å². The van der Waals surface area contributed by atoms with E-state index in [2.05, 4.69) is 0 Å². The van der Waals surface area contributed by atoms with Crippen molar-refractivity contribution in [2.75, 3.05) is 18.1 Å². The molecule has 1 saturated heterocycles. The van der Waals surface area contributed by atoms with Crippen molar-refractivity contribution in [3.63, 3.8) is 0 Å². The van der Waals surface area contributed by atoms with Crippen LogP contribution in [0.5, 0.6) is 5.75 Å². The smallest absolute Gasteiger partial charge is 0.414 e. The van der Waals surface area contributed by atoms with Crippen LogP contribution in [0.3, 0.4) is 0 Å². The molecular formula is C16H18F3NO4. The third kappa shape index (κ3) is 3.75. The van der Waals surface area contributed by atoms with Crippen molar-refractivity contribution in [2.45, 2.75) is 44.1 Å². The van der Waals surface area contributed by atoms with E-state index < -0.39 is 30.9 Å². The summed E-state index contributed by atoms with van der Waals surface area (Å²) in [6, 6.07) is 5.13. The van der Waals surface area contributed by atoms with E-state index in [1.54, 1.807) is 18.2 Å². The number of carbonyl (C=O) groups is 1. The summed E-state index contributed by atoms with van der Waals surface area (Å²) in [6.45, 7) is 0.0281. The predicted molar refractivity (Wildman–Crippen MR) is 79.2 cm³/mol. The zero-order valence-corrected chi connectivity index (χ0v) is 12.9. The zero-order valence-electron chi connectivity index (χ0n) is 12.9. The van der Waals surface area contributed by atoms with Gasteiger partial charge in [-0.1, -0.05) is 0 Å². The van der Waals surface area contributed by atoms with E-state index in [0.29, 0.717) is 24.3 Å². The number of aliphatic hydroxyl groups is 1. The Balaban J connectivity index is 1.67. The summed E-state index contributed by atoms with van der Waals surface area (Å²) in [5.41, 5.74) is 1.49. The fourth-order valence-corrected chi connectivity index (χ4v) is 2.95. The van der Waals surface area contributed by atoms with Crippen molar-refractivity contribution in [3.8, 4) is 5.75 Å². The molecule has 2 aliphatic rings. The maximum atomic E-state index is 12.3. The van der Waals surface area contributed by atoms with E-state index in [-0.39, 0.29) is 19.6 Å². The average Bonchev–Trinajstić information content (AvgIpc) is 2.92. The first-order valence-electron chi connectivity index (χ1n) is 7.81. The Labute approximate surface area is 137 Å². The number of aryl methyl sites for hydroxylation is 1. The fourth-order valence-electron chi connectivity index (χ4n) is 2.95. The highest BCUT2D eigenvalue weighted by molar-refractivity contribution is 5.90. The molecule has 2 atom stereocenters. The normalized spacial score (nSPS) is 23.7. The molecule has 2 aliphatic heterocycles. The number of amides is 1. The van der Waals surface area contributed by atoms with Crippen LogP contribution in [0.2, 0.25) is 0 Å². The molecule has 0 bridgehead atoms. The fraction of sp³-hybridized carbons (Fsp3) is 0.562. The van der Waals surface area contributed by atoms with Crippen LogP contribution >= 0.6 is 0 Å². The Bertz CT molecular complexity index is 620. The highest BCUT2D eigenvalue weighted by Gasteiger charge is 2.33. The number of benzene rings is 1. The zero-order chi connectivity index (χ0) is 17.3. The van der Waals surface area contributed by atoms with Gasteiger partial charge >= 0.3 is 12.3 Å². The van der Waals surface area contributed by atoms with Gasteiger partial charge in [0.1, 0.15) is 11.9 Å². The number of aliphatic hydroxyl groups excluding tert-OH is 1. The van der Waals surface area contributed by atoms with Gasteiger partial charge in [-0.3, -0.25) is 4.90 Å². The molecule has 3 rings (SSSR count). The van der Waals surface area contributed by atoms with Crippen LogP contribution in [-0.4, -0.2) is 42.7 Å². The van der Waals surface area contributed by atoms with Crippen molar-refractivity contribution in [1.29, 1.82) is 0 Å². The largest absolute Gasteiger partial charge is 0.490 e. The van der Waals surface area contributed by atoms with Crippen LogP contribution in [0.15, 0.2) is 18.2 Å². The Kier molecular flexibility index (Phi) is 4.58. The number of alkyl halides is 3. The molecule has 1 aromatic carbocycles. The van der Waals surface area contributed by atoms with Crippen LogP contribution < -0.4 is 9.64 Å². The summed E-state index contributed by atoms with van der Waals surface area (Å²) in [6.07, 6.45) is -5.49. The third-order valence-corrected chi connectivity index (χ3v) is 4.21. The van der Waals surface area contributed by atoms with Gasteiger partial charge in [-0.2, -0.15) is 13.2 Å². The number of carbonyl (C=O) groups excluding carboxylic acids is 1. The van der Waals surface area contributed by atoms with E-state index in [9.17, 15) is 18.0 Å². The topological polar surface area (TPSA) is 59.0 Å². The van der Waals surface area contributed by atoms with Gasteiger partial charge in [0.15, 0.2) is 0 Å². The molecule has 24 heavy (non-hydrogen) atoms. The second-order valence-corrected chi connectivity index (χ2v) is 6.02. The van der Waals surface area contributed by atoms with E-state index in [0.717, 1.165) is 5.56 Å². The highest BCUT2D eigenvalue weighted by Crippen LogP contribution is 2.34. The number of cyclic esters (lactones) is 1. The number of halogens is 3. The van der Waals surface area contributed by atoms with Crippen LogP contribution in [0.1, 0.15) is 24.8 Å².